The van der Waals surface area contributed by atoms with E-state index in [-0.39, 0.29) is 12.5 Å². The Morgan fingerprint density at radius 3 is 2.73 bits per heavy atom. The van der Waals surface area contributed by atoms with Crippen LogP contribution in [-0.4, -0.2) is 40.7 Å². The molecule has 0 saturated heterocycles. The van der Waals surface area contributed by atoms with Gasteiger partial charge in [0.15, 0.2) is 23.9 Å². The van der Waals surface area contributed by atoms with Crippen LogP contribution in [0.2, 0.25) is 0 Å². The smallest absolute Gasteiger partial charge is 0.262 e. The Labute approximate surface area is 179 Å². The Balaban J connectivity index is 1.66. The Morgan fingerprint density at radius 1 is 1.27 bits per heavy atom. The molecule has 1 aromatic heterocycles. The second kappa shape index (κ2) is 9.84. The van der Waals surface area contributed by atoms with Crippen LogP contribution in [0.5, 0.6) is 11.5 Å². The van der Waals surface area contributed by atoms with E-state index in [9.17, 15) is 4.79 Å². The Bertz CT molecular complexity index is 1100. The lowest BCUT2D eigenvalue weighted by molar-refractivity contribution is -0.118. The third-order valence-electron chi connectivity index (χ3n) is 4.24. The van der Waals surface area contributed by atoms with Gasteiger partial charge < -0.3 is 14.8 Å². The highest BCUT2D eigenvalue weighted by Crippen LogP contribution is 2.27. The molecule has 2 aromatic carbocycles. The Morgan fingerprint density at radius 2 is 2.03 bits per heavy atom. The SMILES string of the molecule is CCc1n[nH]c(=S)n1/N=C/c1ccc(OCC(=O)Nc2ccc(C)cc2)c(OC)c1. The number of methoxy groups -OCH3 is 1. The van der Waals surface area contributed by atoms with Gasteiger partial charge >= 0.3 is 0 Å². The largest absolute Gasteiger partial charge is 0.493 e. The van der Waals surface area contributed by atoms with E-state index in [1.807, 2.05) is 44.2 Å². The lowest BCUT2D eigenvalue weighted by atomic mass is 10.2. The third kappa shape index (κ3) is 5.32. The molecule has 30 heavy (non-hydrogen) atoms. The van der Waals surface area contributed by atoms with Crippen LogP contribution in [0.4, 0.5) is 5.69 Å². The zero-order valence-corrected chi connectivity index (χ0v) is 17.8. The molecular formula is C21H23N5O3S. The summed E-state index contributed by atoms with van der Waals surface area (Å²) in [6.45, 7) is 3.82. The van der Waals surface area contributed by atoms with E-state index in [2.05, 4.69) is 20.6 Å². The first-order valence-corrected chi connectivity index (χ1v) is 9.79. The lowest BCUT2D eigenvalue weighted by Gasteiger charge is -2.11. The van der Waals surface area contributed by atoms with Gasteiger partial charge in [-0.05, 0) is 55.0 Å². The van der Waals surface area contributed by atoms with Gasteiger partial charge in [0, 0.05) is 12.1 Å². The number of benzene rings is 2. The van der Waals surface area contributed by atoms with Crippen molar-refractivity contribution in [3.63, 3.8) is 0 Å². The highest BCUT2D eigenvalue weighted by Gasteiger charge is 2.09. The monoisotopic (exact) mass is 425 g/mol. The molecule has 0 spiro atoms. The molecule has 0 aliphatic rings. The van der Waals surface area contributed by atoms with Gasteiger partial charge in [-0.1, -0.05) is 24.6 Å². The molecule has 9 heteroatoms. The maximum Gasteiger partial charge on any atom is 0.262 e. The quantitative estimate of drug-likeness (QED) is 0.424. The summed E-state index contributed by atoms with van der Waals surface area (Å²) < 4.78 is 13.0. The van der Waals surface area contributed by atoms with Gasteiger partial charge in [0.05, 0.1) is 13.3 Å². The summed E-state index contributed by atoms with van der Waals surface area (Å²) in [5.74, 6) is 1.44. The first-order valence-electron chi connectivity index (χ1n) is 9.38. The summed E-state index contributed by atoms with van der Waals surface area (Å²) >= 11 is 5.18. The van der Waals surface area contributed by atoms with Crippen molar-refractivity contribution in [1.29, 1.82) is 0 Å². The normalized spacial score (nSPS) is 10.9. The molecule has 0 aliphatic carbocycles. The van der Waals surface area contributed by atoms with E-state index in [0.29, 0.717) is 22.7 Å². The van der Waals surface area contributed by atoms with Gasteiger partial charge in [-0.25, -0.2) is 0 Å². The standard InChI is InChI=1S/C21H23N5O3S/c1-4-19-24-25-21(30)26(19)22-12-15-7-10-17(18(11-15)28-3)29-13-20(27)23-16-8-5-14(2)6-9-16/h5-12H,4,13H2,1-3H3,(H,23,27)(H,25,30)/b22-12+. The van der Waals surface area contributed by atoms with Crippen LogP contribution in [-0.2, 0) is 11.2 Å². The summed E-state index contributed by atoms with van der Waals surface area (Å²) in [4.78, 5) is 12.1. The zero-order chi connectivity index (χ0) is 21.5. The molecule has 0 aliphatic heterocycles. The number of aromatic amines is 1. The number of rotatable bonds is 8. The number of aryl methyl sites for hydroxylation is 2. The number of carbonyl (C=O) groups is 1. The van der Waals surface area contributed by atoms with Gasteiger partial charge in [0.1, 0.15) is 0 Å². The average molecular weight is 426 g/mol. The van der Waals surface area contributed by atoms with Gasteiger partial charge in [-0.15, -0.1) is 0 Å². The molecule has 8 nitrogen and oxygen atoms in total. The number of aromatic nitrogens is 3. The van der Waals surface area contributed by atoms with Crippen molar-refractivity contribution >= 4 is 30.0 Å². The van der Waals surface area contributed by atoms with Crippen LogP contribution in [0, 0.1) is 11.7 Å². The molecule has 0 saturated carbocycles. The van der Waals surface area contributed by atoms with Gasteiger partial charge in [-0.3, -0.25) is 9.89 Å². The van der Waals surface area contributed by atoms with E-state index in [0.717, 1.165) is 22.6 Å². The minimum absolute atomic E-state index is 0.137. The maximum absolute atomic E-state index is 12.1. The second-order valence-corrected chi connectivity index (χ2v) is 6.85. The number of ether oxygens (including phenoxy) is 2. The molecule has 0 bridgehead atoms. The van der Waals surface area contributed by atoms with Crippen LogP contribution in [0.15, 0.2) is 47.6 Å². The number of nitrogens with zero attached hydrogens (tertiary/aromatic N) is 3. The second-order valence-electron chi connectivity index (χ2n) is 6.47. The van der Waals surface area contributed by atoms with E-state index in [1.165, 1.54) is 7.11 Å². The minimum atomic E-state index is -0.257. The highest BCUT2D eigenvalue weighted by atomic mass is 32.1. The van der Waals surface area contributed by atoms with Crippen molar-refractivity contribution in [2.75, 3.05) is 19.0 Å². The number of H-pyrrole nitrogens is 1. The van der Waals surface area contributed by atoms with Crippen molar-refractivity contribution in [2.45, 2.75) is 20.3 Å². The molecule has 0 unspecified atom stereocenters. The zero-order valence-electron chi connectivity index (χ0n) is 17.0. The molecule has 2 N–H and O–H groups in total. The highest BCUT2D eigenvalue weighted by molar-refractivity contribution is 7.71. The number of hydrogen-bond donors (Lipinski definition) is 2. The van der Waals surface area contributed by atoms with Crippen LogP contribution >= 0.6 is 12.2 Å². The Kier molecular flexibility index (Phi) is 6.97. The van der Waals surface area contributed by atoms with E-state index < -0.39 is 0 Å². The van der Waals surface area contributed by atoms with Gasteiger partial charge in [0.2, 0.25) is 4.77 Å². The van der Waals surface area contributed by atoms with Gasteiger partial charge in [0.25, 0.3) is 5.91 Å². The fourth-order valence-electron chi connectivity index (χ4n) is 2.66. The molecular weight excluding hydrogens is 402 g/mol. The molecule has 156 valence electrons. The first-order chi connectivity index (χ1) is 14.5. The van der Waals surface area contributed by atoms with Crippen molar-refractivity contribution < 1.29 is 14.3 Å². The Hall–Kier alpha value is -3.46. The van der Waals surface area contributed by atoms with Crippen molar-refractivity contribution in [1.82, 2.24) is 14.9 Å². The van der Waals surface area contributed by atoms with Crippen molar-refractivity contribution in [2.24, 2.45) is 5.10 Å². The summed E-state index contributed by atoms with van der Waals surface area (Å²) in [5, 5.41) is 14.0. The number of anilines is 1. The van der Waals surface area contributed by atoms with Gasteiger partial charge in [-0.2, -0.15) is 14.9 Å². The summed E-state index contributed by atoms with van der Waals surface area (Å²) in [5.41, 5.74) is 2.63. The van der Waals surface area contributed by atoms with Crippen LogP contribution < -0.4 is 14.8 Å². The molecule has 1 amide bonds. The van der Waals surface area contributed by atoms with Crippen LogP contribution in [0.1, 0.15) is 23.9 Å². The topological polar surface area (TPSA) is 93.5 Å². The predicted octanol–water partition coefficient (Wildman–Crippen LogP) is 3.72. The number of carbonyl (C=O) groups excluding carboxylic acids is 1. The maximum atomic E-state index is 12.1. The summed E-state index contributed by atoms with van der Waals surface area (Å²) in [6, 6.07) is 12.9. The fraction of sp³-hybridized carbons (Fsp3) is 0.238. The molecule has 0 radical (unpaired) electrons. The van der Waals surface area contributed by atoms with Crippen LogP contribution in [0.25, 0.3) is 0 Å². The van der Waals surface area contributed by atoms with Crippen LogP contribution in [0.3, 0.4) is 0 Å². The van der Waals surface area contributed by atoms with E-state index >= 15 is 0 Å². The minimum Gasteiger partial charge on any atom is -0.493 e. The summed E-state index contributed by atoms with van der Waals surface area (Å²) in [7, 11) is 1.54. The number of nitrogens with one attached hydrogen (secondary N) is 2. The molecule has 3 rings (SSSR count). The number of amides is 1. The first kappa shape index (κ1) is 21.3. The molecule has 1 heterocycles. The molecule has 0 fully saturated rings. The van der Waals surface area contributed by atoms with E-state index in [1.54, 1.807) is 23.0 Å². The van der Waals surface area contributed by atoms with Crippen molar-refractivity contribution in [3.05, 3.63) is 64.2 Å². The number of hydrogen-bond acceptors (Lipinski definition) is 6. The lowest BCUT2D eigenvalue weighted by Crippen LogP contribution is -2.20. The fourth-order valence-corrected chi connectivity index (χ4v) is 2.86. The predicted molar refractivity (Wildman–Crippen MR) is 118 cm³/mol. The average Bonchev–Trinajstić information content (AvgIpc) is 3.12. The van der Waals surface area contributed by atoms with Crippen molar-refractivity contribution in [3.8, 4) is 11.5 Å². The molecule has 3 aromatic rings. The third-order valence-corrected chi connectivity index (χ3v) is 4.50. The summed E-state index contributed by atoms with van der Waals surface area (Å²) in [6.07, 6.45) is 2.35. The van der Waals surface area contributed by atoms with E-state index in [4.69, 9.17) is 21.7 Å². The molecule has 0 atom stereocenters.